The van der Waals surface area contributed by atoms with Gasteiger partial charge >= 0.3 is 0 Å². The Kier molecular flexibility index (Phi) is 7.95. The summed E-state index contributed by atoms with van der Waals surface area (Å²) >= 11 is 0. The van der Waals surface area contributed by atoms with Crippen molar-refractivity contribution in [2.45, 2.75) is 47.0 Å². The first-order valence-corrected chi connectivity index (χ1v) is 11.6. The Hall–Kier alpha value is -3.79. The Balaban J connectivity index is 1.89. The highest BCUT2D eigenvalue weighted by atomic mass is 16.2. The fraction of sp³-hybridized carbons (Fsp3) is 0.233. The normalized spacial score (nSPS) is 10.6. The van der Waals surface area contributed by atoms with E-state index < -0.39 is 0 Å². The van der Waals surface area contributed by atoms with Gasteiger partial charge in [0.25, 0.3) is 0 Å². The zero-order valence-corrected chi connectivity index (χ0v) is 20.4. The van der Waals surface area contributed by atoms with Crippen molar-refractivity contribution in [2.24, 2.45) is 0 Å². The molecule has 0 aliphatic carbocycles. The Labute approximate surface area is 201 Å². The number of hydrogen-bond donors (Lipinski definition) is 0. The third-order valence-electron chi connectivity index (χ3n) is 5.81. The SMILES string of the molecule is C=C(C)C(=O)c1cc(-c2ccc(-c3ccc(N(C(C)=O)C(=O)CC)cc3)cc2)ccc1CCC. The van der Waals surface area contributed by atoms with Gasteiger partial charge in [-0.3, -0.25) is 19.3 Å². The van der Waals surface area contributed by atoms with Crippen molar-refractivity contribution in [3.05, 3.63) is 90.0 Å². The number of aryl methyl sites for hydroxylation is 1. The van der Waals surface area contributed by atoms with Crippen LogP contribution in [0.2, 0.25) is 0 Å². The lowest BCUT2D eigenvalue weighted by Crippen LogP contribution is -2.34. The zero-order chi connectivity index (χ0) is 24.8. The maximum absolute atomic E-state index is 12.7. The smallest absolute Gasteiger partial charge is 0.233 e. The first kappa shape index (κ1) is 24.8. The van der Waals surface area contributed by atoms with Gasteiger partial charge in [0.2, 0.25) is 11.8 Å². The predicted octanol–water partition coefficient (Wildman–Crippen LogP) is 7.02. The molecule has 4 nitrogen and oxygen atoms in total. The number of hydrogen-bond acceptors (Lipinski definition) is 3. The molecule has 0 saturated heterocycles. The standard InChI is InChI=1S/C30H31NO3/c1-6-8-25-13-14-26(19-28(25)30(34)20(3)4)24-11-9-22(10-12-24)23-15-17-27(18-16-23)31(21(5)32)29(33)7-2/h9-19H,3,6-8H2,1-2,4-5H3. The van der Waals surface area contributed by atoms with Crippen molar-refractivity contribution in [3.8, 4) is 22.3 Å². The second-order valence-electron chi connectivity index (χ2n) is 8.46. The van der Waals surface area contributed by atoms with Crippen LogP contribution >= 0.6 is 0 Å². The van der Waals surface area contributed by atoms with Crippen molar-refractivity contribution in [2.75, 3.05) is 4.90 Å². The van der Waals surface area contributed by atoms with Crippen LogP contribution in [0.3, 0.4) is 0 Å². The maximum Gasteiger partial charge on any atom is 0.233 e. The van der Waals surface area contributed by atoms with E-state index in [1.54, 1.807) is 26.0 Å². The van der Waals surface area contributed by atoms with Gasteiger partial charge in [-0.25, -0.2) is 0 Å². The number of anilines is 1. The summed E-state index contributed by atoms with van der Waals surface area (Å²) in [6.45, 7) is 10.8. The molecule has 0 heterocycles. The first-order valence-electron chi connectivity index (χ1n) is 11.6. The third kappa shape index (κ3) is 5.40. The molecule has 0 spiro atoms. The van der Waals surface area contributed by atoms with E-state index in [0.29, 0.717) is 11.3 Å². The lowest BCUT2D eigenvalue weighted by Gasteiger charge is -2.18. The molecular formula is C30H31NO3. The molecule has 0 unspecified atom stereocenters. The Bertz CT molecular complexity index is 1220. The summed E-state index contributed by atoms with van der Waals surface area (Å²) in [6.07, 6.45) is 2.09. The van der Waals surface area contributed by atoms with Crippen molar-refractivity contribution in [1.29, 1.82) is 0 Å². The summed E-state index contributed by atoms with van der Waals surface area (Å²) in [6, 6.07) is 21.6. The predicted molar refractivity (Wildman–Crippen MR) is 139 cm³/mol. The highest BCUT2D eigenvalue weighted by molar-refractivity contribution is 6.14. The van der Waals surface area contributed by atoms with E-state index in [1.165, 1.54) is 11.8 Å². The van der Waals surface area contributed by atoms with E-state index >= 15 is 0 Å². The minimum absolute atomic E-state index is 0.0110. The highest BCUT2D eigenvalue weighted by Gasteiger charge is 2.18. The second-order valence-corrected chi connectivity index (χ2v) is 8.46. The average molecular weight is 454 g/mol. The Morgan fingerprint density at radius 2 is 1.26 bits per heavy atom. The molecule has 0 saturated carbocycles. The number of ketones is 1. The van der Waals surface area contributed by atoms with Crippen LogP contribution in [0.4, 0.5) is 5.69 Å². The molecule has 3 aromatic rings. The molecule has 0 aliphatic rings. The van der Waals surface area contributed by atoms with E-state index in [-0.39, 0.29) is 24.0 Å². The topological polar surface area (TPSA) is 54.5 Å². The number of rotatable bonds is 8. The van der Waals surface area contributed by atoms with Crippen molar-refractivity contribution in [1.82, 2.24) is 0 Å². The number of carbonyl (C=O) groups is 3. The molecule has 0 bridgehead atoms. The molecule has 34 heavy (non-hydrogen) atoms. The van der Waals surface area contributed by atoms with Gasteiger partial charge in [0.1, 0.15) is 0 Å². The van der Waals surface area contributed by atoms with Crippen molar-refractivity contribution in [3.63, 3.8) is 0 Å². The monoisotopic (exact) mass is 453 g/mol. The van der Waals surface area contributed by atoms with E-state index in [0.717, 1.165) is 46.2 Å². The number of imide groups is 1. The van der Waals surface area contributed by atoms with Crippen molar-refractivity contribution >= 4 is 23.3 Å². The van der Waals surface area contributed by atoms with Crippen LogP contribution in [0.5, 0.6) is 0 Å². The summed E-state index contributed by atoms with van der Waals surface area (Å²) in [4.78, 5) is 37.9. The minimum atomic E-state index is -0.293. The molecule has 4 heteroatoms. The van der Waals surface area contributed by atoms with Crippen LogP contribution < -0.4 is 4.90 Å². The quantitative estimate of drug-likeness (QED) is 0.272. The molecular weight excluding hydrogens is 422 g/mol. The van der Waals surface area contributed by atoms with E-state index in [2.05, 4.69) is 19.6 Å². The lowest BCUT2D eigenvalue weighted by atomic mass is 9.92. The summed E-state index contributed by atoms with van der Waals surface area (Å²) in [5.74, 6) is -0.527. The summed E-state index contributed by atoms with van der Waals surface area (Å²) in [7, 11) is 0. The molecule has 0 radical (unpaired) electrons. The molecule has 0 aliphatic heterocycles. The van der Waals surface area contributed by atoms with Crippen LogP contribution in [-0.4, -0.2) is 17.6 Å². The van der Waals surface area contributed by atoms with Crippen LogP contribution in [0, 0.1) is 0 Å². The summed E-state index contributed by atoms with van der Waals surface area (Å²) in [5.41, 5.74) is 6.91. The minimum Gasteiger partial charge on any atom is -0.289 e. The lowest BCUT2D eigenvalue weighted by molar-refractivity contribution is -0.125. The molecule has 0 aromatic heterocycles. The van der Waals surface area contributed by atoms with Gasteiger partial charge in [0.05, 0.1) is 5.69 Å². The maximum atomic E-state index is 12.7. The van der Waals surface area contributed by atoms with Gasteiger partial charge in [0.15, 0.2) is 5.78 Å². The number of benzene rings is 3. The third-order valence-corrected chi connectivity index (χ3v) is 5.81. The van der Waals surface area contributed by atoms with Gasteiger partial charge in [-0.1, -0.05) is 75.4 Å². The van der Waals surface area contributed by atoms with E-state index in [1.807, 2.05) is 48.5 Å². The molecule has 0 fully saturated rings. The van der Waals surface area contributed by atoms with Crippen LogP contribution in [0.15, 0.2) is 78.9 Å². The largest absolute Gasteiger partial charge is 0.289 e. The van der Waals surface area contributed by atoms with Crippen molar-refractivity contribution < 1.29 is 14.4 Å². The summed E-state index contributed by atoms with van der Waals surface area (Å²) < 4.78 is 0. The number of nitrogens with zero attached hydrogens (tertiary/aromatic N) is 1. The molecule has 3 rings (SSSR count). The average Bonchev–Trinajstić information content (AvgIpc) is 2.84. The fourth-order valence-corrected chi connectivity index (χ4v) is 4.00. The number of Topliss-reactive ketones (excluding diaryl/α,β-unsaturated/α-hetero) is 1. The van der Waals surface area contributed by atoms with Gasteiger partial charge in [0, 0.05) is 18.9 Å². The zero-order valence-electron chi connectivity index (χ0n) is 20.4. The Morgan fingerprint density at radius 1 is 0.765 bits per heavy atom. The van der Waals surface area contributed by atoms with Gasteiger partial charge in [-0.15, -0.1) is 0 Å². The Morgan fingerprint density at radius 3 is 1.74 bits per heavy atom. The molecule has 0 atom stereocenters. The van der Waals surface area contributed by atoms with Gasteiger partial charge in [-0.05, 0) is 64.9 Å². The summed E-state index contributed by atoms with van der Waals surface area (Å²) in [5, 5.41) is 0. The van der Waals surface area contributed by atoms with Crippen LogP contribution in [-0.2, 0) is 16.0 Å². The van der Waals surface area contributed by atoms with Crippen LogP contribution in [0.25, 0.3) is 22.3 Å². The number of amides is 2. The van der Waals surface area contributed by atoms with Crippen LogP contribution in [0.1, 0.15) is 56.5 Å². The van der Waals surface area contributed by atoms with E-state index in [9.17, 15) is 14.4 Å². The molecule has 174 valence electrons. The van der Waals surface area contributed by atoms with Gasteiger partial charge < -0.3 is 0 Å². The first-order chi connectivity index (χ1) is 16.3. The molecule has 3 aromatic carbocycles. The number of allylic oxidation sites excluding steroid dienone is 1. The van der Waals surface area contributed by atoms with E-state index in [4.69, 9.17) is 0 Å². The molecule has 0 N–H and O–H groups in total. The van der Waals surface area contributed by atoms with Gasteiger partial charge in [-0.2, -0.15) is 0 Å². The number of carbonyl (C=O) groups excluding carboxylic acids is 3. The fourth-order valence-electron chi connectivity index (χ4n) is 4.00. The molecule has 2 amide bonds. The second kappa shape index (κ2) is 10.9. The highest BCUT2D eigenvalue weighted by Crippen LogP contribution is 2.29.